The van der Waals surface area contributed by atoms with Crippen LogP contribution in [0.25, 0.3) is 0 Å². The van der Waals surface area contributed by atoms with Gasteiger partial charge in [0, 0.05) is 11.4 Å². The number of aromatic nitrogens is 3. The molecule has 0 saturated carbocycles. The van der Waals surface area contributed by atoms with Gasteiger partial charge in [0.05, 0.1) is 17.9 Å². The van der Waals surface area contributed by atoms with Gasteiger partial charge in [-0.3, -0.25) is 9.67 Å². The van der Waals surface area contributed by atoms with Gasteiger partial charge in [0.2, 0.25) is 0 Å². The van der Waals surface area contributed by atoms with E-state index in [1.54, 1.807) is 0 Å². The molecule has 0 saturated heterocycles. The molecule has 0 aromatic carbocycles. The van der Waals surface area contributed by atoms with Crippen molar-refractivity contribution in [1.29, 1.82) is 0 Å². The molecule has 2 aromatic rings. The Balaban J connectivity index is 2.25. The summed E-state index contributed by atoms with van der Waals surface area (Å²) in [6, 6.07) is 8.31. The molecule has 0 atom stereocenters. The maximum absolute atomic E-state index is 4.60. The van der Waals surface area contributed by atoms with Crippen LogP contribution in [0.2, 0.25) is 0 Å². The third-order valence-electron chi connectivity index (χ3n) is 2.90. The first kappa shape index (κ1) is 11.8. The minimum atomic E-state index is 0.769. The number of nitrogens with zero attached hydrogens (tertiary/aromatic N) is 3. The Morgan fingerprint density at radius 1 is 1.12 bits per heavy atom. The first-order valence-corrected chi connectivity index (χ1v) is 6.21. The maximum atomic E-state index is 4.60. The Labute approximate surface area is 103 Å². The zero-order valence-corrected chi connectivity index (χ0v) is 10.8. The second kappa shape index (κ2) is 5.13. The molecule has 0 aliphatic rings. The standard InChI is InChI=1S/C14H19N3/c1-4-12-9-14(5-2)17(16-12)10-13-8-6-7-11(3)15-13/h6-9H,4-5,10H2,1-3H3. The minimum Gasteiger partial charge on any atom is -0.263 e. The lowest BCUT2D eigenvalue weighted by atomic mass is 10.2. The third kappa shape index (κ3) is 2.73. The van der Waals surface area contributed by atoms with Gasteiger partial charge < -0.3 is 0 Å². The highest BCUT2D eigenvalue weighted by atomic mass is 15.3. The molecule has 0 radical (unpaired) electrons. The van der Waals surface area contributed by atoms with Gasteiger partial charge in [0.15, 0.2) is 0 Å². The molecule has 0 aliphatic heterocycles. The summed E-state index contributed by atoms with van der Waals surface area (Å²) in [7, 11) is 0. The fraction of sp³-hybridized carbons (Fsp3) is 0.429. The summed E-state index contributed by atoms with van der Waals surface area (Å²) in [6.07, 6.45) is 2.00. The van der Waals surface area contributed by atoms with Crippen LogP contribution in [0.3, 0.4) is 0 Å². The maximum Gasteiger partial charge on any atom is 0.0834 e. The van der Waals surface area contributed by atoms with E-state index in [2.05, 4.69) is 40.7 Å². The smallest absolute Gasteiger partial charge is 0.0834 e. The molecule has 0 unspecified atom stereocenters. The molecule has 17 heavy (non-hydrogen) atoms. The van der Waals surface area contributed by atoms with Crippen LogP contribution in [0.5, 0.6) is 0 Å². The van der Waals surface area contributed by atoms with Gasteiger partial charge in [0.1, 0.15) is 0 Å². The van der Waals surface area contributed by atoms with Crippen molar-refractivity contribution in [2.24, 2.45) is 0 Å². The van der Waals surface area contributed by atoms with E-state index in [-0.39, 0.29) is 0 Å². The van der Waals surface area contributed by atoms with E-state index in [4.69, 9.17) is 0 Å². The second-order valence-corrected chi connectivity index (χ2v) is 4.26. The van der Waals surface area contributed by atoms with Gasteiger partial charge >= 0.3 is 0 Å². The van der Waals surface area contributed by atoms with Crippen molar-refractivity contribution < 1.29 is 0 Å². The van der Waals surface area contributed by atoms with Gasteiger partial charge in [-0.15, -0.1) is 0 Å². The normalized spacial score (nSPS) is 10.8. The minimum absolute atomic E-state index is 0.769. The van der Waals surface area contributed by atoms with Crippen LogP contribution in [-0.2, 0) is 19.4 Å². The fourth-order valence-electron chi connectivity index (χ4n) is 1.95. The van der Waals surface area contributed by atoms with E-state index in [1.165, 1.54) is 5.69 Å². The number of aryl methyl sites for hydroxylation is 3. The summed E-state index contributed by atoms with van der Waals surface area (Å²) < 4.78 is 2.07. The Morgan fingerprint density at radius 2 is 1.94 bits per heavy atom. The molecule has 0 bridgehead atoms. The predicted molar refractivity (Wildman–Crippen MR) is 69.1 cm³/mol. The van der Waals surface area contributed by atoms with Crippen LogP contribution >= 0.6 is 0 Å². The number of hydrogen-bond donors (Lipinski definition) is 0. The molecule has 0 N–H and O–H groups in total. The summed E-state index contributed by atoms with van der Waals surface area (Å²) in [4.78, 5) is 4.52. The van der Waals surface area contributed by atoms with E-state index >= 15 is 0 Å². The summed E-state index contributed by atoms with van der Waals surface area (Å²) in [5.41, 5.74) is 4.58. The van der Waals surface area contributed by atoms with Crippen LogP contribution in [0.4, 0.5) is 0 Å². The highest BCUT2D eigenvalue weighted by Crippen LogP contribution is 2.09. The topological polar surface area (TPSA) is 30.7 Å². The molecule has 2 rings (SSSR count). The molecule has 0 amide bonds. The summed E-state index contributed by atoms with van der Waals surface area (Å²) >= 11 is 0. The lowest BCUT2D eigenvalue weighted by Gasteiger charge is -2.05. The predicted octanol–water partition coefficient (Wildman–Crippen LogP) is 2.76. The Kier molecular flexibility index (Phi) is 3.57. The molecule has 0 aliphatic carbocycles. The molecule has 3 heteroatoms. The van der Waals surface area contributed by atoms with E-state index in [0.29, 0.717) is 0 Å². The SMILES string of the molecule is CCc1cc(CC)n(Cc2cccc(C)n2)n1. The van der Waals surface area contributed by atoms with E-state index < -0.39 is 0 Å². The summed E-state index contributed by atoms with van der Waals surface area (Å²) in [5, 5.41) is 4.60. The van der Waals surface area contributed by atoms with E-state index in [0.717, 1.165) is 36.5 Å². The van der Waals surface area contributed by atoms with E-state index in [1.807, 2.05) is 19.1 Å². The quantitative estimate of drug-likeness (QED) is 0.807. The third-order valence-corrected chi connectivity index (χ3v) is 2.90. The zero-order chi connectivity index (χ0) is 12.3. The Morgan fingerprint density at radius 3 is 2.59 bits per heavy atom. The molecule has 0 fully saturated rings. The van der Waals surface area contributed by atoms with Crippen molar-refractivity contribution in [3.8, 4) is 0 Å². The second-order valence-electron chi connectivity index (χ2n) is 4.26. The lowest BCUT2D eigenvalue weighted by molar-refractivity contribution is 0.628. The van der Waals surface area contributed by atoms with Crippen molar-refractivity contribution in [3.63, 3.8) is 0 Å². The molecule has 2 aromatic heterocycles. The van der Waals surface area contributed by atoms with Gasteiger partial charge in [-0.1, -0.05) is 19.9 Å². The molecule has 0 spiro atoms. The van der Waals surface area contributed by atoms with Crippen molar-refractivity contribution >= 4 is 0 Å². The van der Waals surface area contributed by atoms with E-state index in [9.17, 15) is 0 Å². The highest BCUT2D eigenvalue weighted by molar-refractivity contribution is 5.14. The average molecular weight is 229 g/mol. The first-order chi connectivity index (χ1) is 8.22. The molecule has 2 heterocycles. The van der Waals surface area contributed by atoms with Crippen LogP contribution < -0.4 is 0 Å². The van der Waals surface area contributed by atoms with Crippen LogP contribution in [-0.4, -0.2) is 14.8 Å². The van der Waals surface area contributed by atoms with Crippen molar-refractivity contribution in [2.45, 2.75) is 40.2 Å². The molecule has 90 valence electrons. The Hall–Kier alpha value is -1.64. The summed E-state index contributed by atoms with van der Waals surface area (Å²) in [5.74, 6) is 0. The highest BCUT2D eigenvalue weighted by Gasteiger charge is 2.06. The van der Waals surface area contributed by atoms with Crippen molar-refractivity contribution in [2.75, 3.05) is 0 Å². The van der Waals surface area contributed by atoms with Crippen LogP contribution in [0.15, 0.2) is 24.3 Å². The summed E-state index contributed by atoms with van der Waals surface area (Å²) in [6.45, 7) is 7.09. The molecular formula is C14H19N3. The molecule has 3 nitrogen and oxygen atoms in total. The largest absolute Gasteiger partial charge is 0.263 e. The molecular weight excluding hydrogens is 210 g/mol. The van der Waals surface area contributed by atoms with Crippen LogP contribution in [0.1, 0.15) is 36.6 Å². The zero-order valence-electron chi connectivity index (χ0n) is 10.8. The number of pyridine rings is 1. The monoisotopic (exact) mass is 229 g/mol. The average Bonchev–Trinajstić information content (AvgIpc) is 2.71. The first-order valence-electron chi connectivity index (χ1n) is 6.21. The van der Waals surface area contributed by atoms with Crippen molar-refractivity contribution in [3.05, 3.63) is 47.0 Å². The number of rotatable bonds is 4. The van der Waals surface area contributed by atoms with Gasteiger partial charge in [-0.25, -0.2) is 0 Å². The van der Waals surface area contributed by atoms with Crippen molar-refractivity contribution in [1.82, 2.24) is 14.8 Å². The fourth-order valence-corrected chi connectivity index (χ4v) is 1.95. The number of hydrogen-bond acceptors (Lipinski definition) is 2. The van der Waals surface area contributed by atoms with Crippen LogP contribution in [0, 0.1) is 6.92 Å². The lowest BCUT2D eigenvalue weighted by Crippen LogP contribution is -2.07. The van der Waals surface area contributed by atoms with Gasteiger partial charge in [-0.2, -0.15) is 5.10 Å². The van der Waals surface area contributed by atoms with Gasteiger partial charge in [-0.05, 0) is 38.0 Å². The Bertz CT molecular complexity index is 500. The van der Waals surface area contributed by atoms with Gasteiger partial charge in [0.25, 0.3) is 0 Å².